The van der Waals surface area contributed by atoms with Gasteiger partial charge in [-0.15, -0.1) is 0 Å². The average Bonchev–Trinajstić information content (AvgIpc) is 1.64. The molecule has 0 saturated carbocycles. The zero-order valence-corrected chi connectivity index (χ0v) is 5.91. The maximum Gasteiger partial charge on any atom is 0.0576 e. The van der Waals surface area contributed by atoms with E-state index in [0.717, 1.165) is 0 Å². The first-order valence-electron chi connectivity index (χ1n) is 3.15. The standard InChI is InChI=1S/C6H15NO2/c1-4(8)6(3-7)5(2)9/h4-6,8-9H,3,7H2,1-2H3. The van der Waals surface area contributed by atoms with Crippen LogP contribution >= 0.6 is 0 Å². The van der Waals surface area contributed by atoms with Crippen molar-refractivity contribution in [2.24, 2.45) is 11.7 Å². The molecule has 9 heavy (non-hydrogen) atoms. The van der Waals surface area contributed by atoms with E-state index in [1.54, 1.807) is 13.8 Å². The maximum atomic E-state index is 8.94. The Hall–Kier alpha value is -0.120. The van der Waals surface area contributed by atoms with Gasteiger partial charge in [0.1, 0.15) is 0 Å². The summed E-state index contributed by atoms with van der Waals surface area (Å²) in [5.74, 6) is -0.190. The highest BCUT2D eigenvalue weighted by atomic mass is 16.3. The van der Waals surface area contributed by atoms with Crippen molar-refractivity contribution in [3.63, 3.8) is 0 Å². The molecule has 3 nitrogen and oxygen atoms in total. The second kappa shape index (κ2) is 3.82. The van der Waals surface area contributed by atoms with Crippen LogP contribution in [0.1, 0.15) is 13.8 Å². The Kier molecular flexibility index (Phi) is 3.77. The normalized spacial score (nSPS) is 21.0. The van der Waals surface area contributed by atoms with Gasteiger partial charge in [-0.1, -0.05) is 0 Å². The smallest absolute Gasteiger partial charge is 0.0576 e. The second-order valence-corrected chi connectivity index (χ2v) is 2.38. The molecule has 0 rings (SSSR count). The average molecular weight is 133 g/mol. The van der Waals surface area contributed by atoms with Gasteiger partial charge in [-0.3, -0.25) is 0 Å². The molecular weight excluding hydrogens is 118 g/mol. The number of rotatable bonds is 3. The Morgan fingerprint density at radius 2 is 1.56 bits per heavy atom. The monoisotopic (exact) mass is 133 g/mol. The molecule has 0 aliphatic carbocycles. The van der Waals surface area contributed by atoms with E-state index in [1.165, 1.54) is 0 Å². The van der Waals surface area contributed by atoms with Crippen LogP contribution in [0.15, 0.2) is 0 Å². The summed E-state index contributed by atoms with van der Waals surface area (Å²) in [7, 11) is 0. The second-order valence-electron chi connectivity index (χ2n) is 2.38. The predicted octanol–water partition coefficient (Wildman–Crippen LogP) is -0.677. The molecule has 0 aliphatic heterocycles. The highest BCUT2D eigenvalue weighted by Gasteiger charge is 2.17. The molecule has 0 fully saturated rings. The summed E-state index contributed by atoms with van der Waals surface area (Å²) in [4.78, 5) is 0. The molecule has 0 aliphatic rings. The maximum absolute atomic E-state index is 8.94. The van der Waals surface area contributed by atoms with Crippen LogP contribution in [-0.4, -0.2) is 29.0 Å². The van der Waals surface area contributed by atoms with Gasteiger partial charge in [0.15, 0.2) is 0 Å². The molecule has 4 N–H and O–H groups in total. The minimum Gasteiger partial charge on any atom is -0.393 e. The lowest BCUT2D eigenvalue weighted by molar-refractivity contribution is 0.0368. The van der Waals surface area contributed by atoms with Crippen molar-refractivity contribution in [2.75, 3.05) is 6.54 Å². The molecular formula is C6H15NO2. The van der Waals surface area contributed by atoms with Gasteiger partial charge in [-0.2, -0.15) is 0 Å². The van der Waals surface area contributed by atoms with E-state index in [9.17, 15) is 0 Å². The van der Waals surface area contributed by atoms with Crippen LogP contribution in [0.4, 0.5) is 0 Å². The summed E-state index contributed by atoms with van der Waals surface area (Å²) >= 11 is 0. The molecule has 0 aromatic rings. The van der Waals surface area contributed by atoms with E-state index < -0.39 is 12.2 Å². The van der Waals surface area contributed by atoms with E-state index >= 15 is 0 Å². The Balaban J connectivity index is 3.68. The minimum atomic E-state index is -0.519. The number of nitrogens with two attached hydrogens (primary N) is 1. The Bertz CT molecular complexity index is 65.5. The summed E-state index contributed by atoms with van der Waals surface area (Å²) in [6, 6.07) is 0. The van der Waals surface area contributed by atoms with Gasteiger partial charge in [-0.05, 0) is 13.8 Å². The summed E-state index contributed by atoms with van der Waals surface area (Å²) in [6.45, 7) is 3.59. The number of aliphatic hydroxyl groups excluding tert-OH is 2. The first-order valence-corrected chi connectivity index (χ1v) is 3.15. The molecule has 0 bridgehead atoms. The Morgan fingerprint density at radius 3 is 1.56 bits per heavy atom. The first kappa shape index (κ1) is 8.88. The highest BCUT2D eigenvalue weighted by molar-refractivity contribution is 4.70. The first-order chi connectivity index (χ1) is 4.09. The van der Waals surface area contributed by atoms with Crippen molar-refractivity contribution in [1.29, 1.82) is 0 Å². The van der Waals surface area contributed by atoms with Gasteiger partial charge < -0.3 is 15.9 Å². The molecule has 56 valence electrons. The van der Waals surface area contributed by atoms with E-state index in [4.69, 9.17) is 15.9 Å². The van der Waals surface area contributed by atoms with Crippen LogP contribution < -0.4 is 5.73 Å². The Morgan fingerprint density at radius 1 is 1.22 bits per heavy atom. The van der Waals surface area contributed by atoms with Crippen LogP contribution in [-0.2, 0) is 0 Å². The van der Waals surface area contributed by atoms with Gasteiger partial charge in [0.2, 0.25) is 0 Å². The minimum absolute atomic E-state index is 0.190. The molecule has 0 amide bonds. The van der Waals surface area contributed by atoms with Gasteiger partial charge in [0.05, 0.1) is 12.2 Å². The fourth-order valence-electron chi connectivity index (χ4n) is 0.797. The summed E-state index contributed by atoms with van der Waals surface area (Å²) in [5.41, 5.74) is 5.25. The molecule has 3 heteroatoms. The van der Waals surface area contributed by atoms with Crippen molar-refractivity contribution in [3.8, 4) is 0 Å². The third-order valence-corrected chi connectivity index (χ3v) is 1.51. The number of aliphatic hydroxyl groups is 2. The van der Waals surface area contributed by atoms with Crippen molar-refractivity contribution >= 4 is 0 Å². The van der Waals surface area contributed by atoms with Crippen molar-refractivity contribution in [3.05, 3.63) is 0 Å². The van der Waals surface area contributed by atoms with Gasteiger partial charge in [-0.25, -0.2) is 0 Å². The molecule has 0 aromatic heterocycles. The predicted molar refractivity (Wildman–Crippen MR) is 35.9 cm³/mol. The van der Waals surface area contributed by atoms with E-state index in [-0.39, 0.29) is 5.92 Å². The molecule has 0 saturated heterocycles. The molecule has 0 radical (unpaired) electrons. The topological polar surface area (TPSA) is 66.5 Å². The largest absolute Gasteiger partial charge is 0.393 e. The Labute approximate surface area is 55.5 Å². The zero-order chi connectivity index (χ0) is 7.44. The van der Waals surface area contributed by atoms with Gasteiger partial charge >= 0.3 is 0 Å². The zero-order valence-electron chi connectivity index (χ0n) is 5.91. The molecule has 0 spiro atoms. The summed E-state index contributed by atoms with van der Waals surface area (Å²) in [5, 5.41) is 17.9. The van der Waals surface area contributed by atoms with Crippen LogP contribution in [0.5, 0.6) is 0 Å². The highest BCUT2D eigenvalue weighted by Crippen LogP contribution is 2.06. The van der Waals surface area contributed by atoms with E-state index in [2.05, 4.69) is 0 Å². The van der Waals surface area contributed by atoms with Gasteiger partial charge in [0.25, 0.3) is 0 Å². The number of hydrogen-bond donors (Lipinski definition) is 3. The van der Waals surface area contributed by atoms with E-state index in [1.807, 2.05) is 0 Å². The SMILES string of the molecule is CC(O)C(CN)C(C)O. The fourth-order valence-corrected chi connectivity index (χ4v) is 0.797. The van der Waals surface area contributed by atoms with Crippen molar-refractivity contribution in [1.82, 2.24) is 0 Å². The molecule has 0 aromatic carbocycles. The lowest BCUT2D eigenvalue weighted by atomic mass is 9.99. The lowest BCUT2D eigenvalue weighted by Gasteiger charge is -2.20. The van der Waals surface area contributed by atoms with Crippen LogP contribution in [0.3, 0.4) is 0 Å². The molecule has 2 atom stereocenters. The third kappa shape index (κ3) is 2.79. The molecule has 2 unspecified atom stereocenters. The lowest BCUT2D eigenvalue weighted by Crippen LogP contribution is -2.34. The van der Waals surface area contributed by atoms with Crippen molar-refractivity contribution in [2.45, 2.75) is 26.1 Å². The number of hydrogen-bond acceptors (Lipinski definition) is 3. The molecule has 0 heterocycles. The van der Waals surface area contributed by atoms with Crippen molar-refractivity contribution < 1.29 is 10.2 Å². The summed E-state index contributed by atoms with van der Waals surface area (Å²) in [6.07, 6.45) is -1.04. The van der Waals surface area contributed by atoms with Crippen LogP contribution in [0, 0.1) is 5.92 Å². The van der Waals surface area contributed by atoms with Crippen LogP contribution in [0.25, 0.3) is 0 Å². The van der Waals surface area contributed by atoms with E-state index in [0.29, 0.717) is 6.54 Å². The van der Waals surface area contributed by atoms with Crippen LogP contribution in [0.2, 0.25) is 0 Å². The fraction of sp³-hybridized carbons (Fsp3) is 1.00. The third-order valence-electron chi connectivity index (χ3n) is 1.51. The van der Waals surface area contributed by atoms with Gasteiger partial charge in [0, 0.05) is 12.5 Å². The quantitative estimate of drug-likeness (QED) is 0.478. The summed E-state index contributed by atoms with van der Waals surface area (Å²) < 4.78 is 0.